The smallest absolute Gasteiger partial charge is 0.245 e. The normalized spacial score (nSPS) is 17.4. The van der Waals surface area contributed by atoms with Gasteiger partial charge in [0, 0.05) is 11.6 Å². The first-order valence-corrected chi connectivity index (χ1v) is 10.5. The van der Waals surface area contributed by atoms with E-state index in [2.05, 4.69) is 4.72 Å². The second kappa shape index (κ2) is 7.16. The van der Waals surface area contributed by atoms with Crippen LogP contribution in [0.4, 0.5) is 10.1 Å². The molecule has 0 aliphatic carbocycles. The lowest BCUT2D eigenvalue weighted by Crippen LogP contribution is -2.41. The number of amides is 1. The minimum Gasteiger partial charge on any atom is -0.308 e. The van der Waals surface area contributed by atoms with Crippen LogP contribution in [0.5, 0.6) is 0 Å². The average molecular weight is 419 g/mol. The van der Waals surface area contributed by atoms with Crippen LogP contribution in [0, 0.1) is 5.82 Å². The molecule has 0 radical (unpaired) electrons. The van der Waals surface area contributed by atoms with Crippen LogP contribution in [-0.4, -0.2) is 26.9 Å². The molecule has 8 heteroatoms. The molecule has 0 spiro atoms. The highest BCUT2D eigenvalue weighted by Gasteiger charge is 2.36. The van der Waals surface area contributed by atoms with Crippen molar-refractivity contribution in [1.82, 2.24) is 4.72 Å². The number of carbonyl (C=O) groups is 1. The Kier molecular flexibility index (Phi) is 4.82. The summed E-state index contributed by atoms with van der Waals surface area (Å²) in [6.45, 7) is 0.239. The van der Waals surface area contributed by atoms with Crippen LogP contribution in [0.15, 0.2) is 65.6 Å². The van der Waals surface area contributed by atoms with E-state index in [-0.39, 0.29) is 23.5 Å². The molecule has 4 rings (SSSR count). The van der Waals surface area contributed by atoms with Gasteiger partial charge in [-0.2, -0.15) is 4.72 Å². The summed E-state index contributed by atoms with van der Waals surface area (Å²) in [4.78, 5) is 14.0. The van der Waals surface area contributed by atoms with E-state index in [1.165, 1.54) is 35.2 Å². The molecule has 1 saturated heterocycles. The summed E-state index contributed by atoms with van der Waals surface area (Å²) >= 11 is 5.95. The van der Waals surface area contributed by atoms with Gasteiger partial charge in [-0.15, -0.1) is 0 Å². The van der Waals surface area contributed by atoms with Gasteiger partial charge in [-0.05, 0) is 53.6 Å². The molecule has 1 amide bonds. The lowest BCUT2D eigenvalue weighted by molar-refractivity contribution is -0.118. The number of fused-ring (bicyclic) bond motifs is 1. The third-order valence-corrected chi connectivity index (χ3v) is 6.43. The van der Waals surface area contributed by atoms with Crippen molar-refractivity contribution in [2.24, 2.45) is 0 Å². The summed E-state index contributed by atoms with van der Waals surface area (Å²) in [6.07, 6.45) is 0.260. The Morgan fingerprint density at radius 2 is 1.75 bits per heavy atom. The minimum absolute atomic E-state index is 0.0551. The number of nitrogens with zero attached hydrogens (tertiary/aromatic N) is 1. The van der Waals surface area contributed by atoms with Gasteiger partial charge < -0.3 is 4.90 Å². The zero-order valence-corrected chi connectivity index (χ0v) is 16.2. The molecule has 1 atom stereocenters. The third kappa shape index (κ3) is 3.48. The maximum absolute atomic E-state index is 14.0. The van der Waals surface area contributed by atoms with Crippen LogP contribution < -0.4 is 9.62 Å². The number of rotatable bonds is 4. The van der Waals surface area contributed by atoms with Crippen molar-refractivity contribution in [2.45, 2.75) is 17.4 Å². The van der Waals surface area contributed by atoms with Crippen molar-refractivity contribution in [2.75, 3.05) is 11.4 Å². The van der Waals surface area contributed by atoms with Crippen molar-refractivity contribution in [3.8, 4) is 0 Å². The van der Waals surface area contributed by atoms with E-state index in [1.54, 1.807) is 30.3 Å². The van der Waals surface area contributed by atoms with Crippen molar-refractivity contribution < 1.29 is 17.6 Å². The molecular formula is C20H16ClFN2O3S. The van der Waals surface area contributed by atoms with Crippen LogP contribution in [0.25, 0.3) is 10.8 Å². The van der Waals surface area contributed by atoms with Gasteiger partial charge in [-0.25, -0.2) is 12.8 Å². The monoisotopic (exact) mass is 418 g/mol. The predicted octanol–water partition coefficient (Wildman–Crippen LogP) is 3.72. The van der Waals surface area contributed by atoms with Gasteiger partial charge in [0.25, 0.3) is 0 Å². The number of para-hydroxylation sites is 1. The number of nitrogens with one attached hydrogen (secondary N) is 1. The quantitative estimate of drug-likeness (QED) is 0.702. The fourth-order valence-electron chi connectivity index (χ4n) is 3.32. The lowest BCUT2D eigenvalue weighted by Gasteiger charge is -2.18. The van der Waals surface area contributed by atoms with E-state index in [0.29, 0.717) is 5.02 Å². The first kappa shape index (κ1) is 18.9. The Labute approximate surface area is 166 Å². The number of hydrogen-bond acceptors (Lipinski definition) is 3. The van der Waals surface area contributed by atoms with Crippen LogP contribution in [0.3, 0.4) is 0 Å². The first-order chi connectivity index (χ1) is 13.3. The summed E-state index contributed by atoms with van der Waals surface area (Å²) in [6, 6.07) is 14.8. The van der Waals surface area contributed by atoms with E-state index in [1.807, 2.05) is 0 Å². The van der Waals surface area contributed by atoms with E-state index in [4.69, 9.17) is 11.6 Å². The molecule has 0 aromatic heterocycles. The Bertz CT molecular complexity index is 1180. The van der Waals surface area contributed by atoms with E-state index < -0.39 is 27.8 Å². The van der Waals surface area contributed by atoms with Crippen LogP contribution in [0.2, 0.25) is 5.02 Å². The minimum atomic E-state index is -3.92. The number of halogens is 2. The number of carbonyl (C=O) groups excluding carboxylic acids is 1. The summed E-state index contributed by atoms with van der Waals surface area (Å²) < 4.78 is 42.0. The Hall–Kier alpha value is -2.48. The highest BCUT2D eigenvalue weighted by molar-refractivity contribution is 7.89. The molecule has 0 bridgehead atoms. The topological polar surface area (TPSA) is 66.5 Å². The summed E-state index contributed by atoms with van der Waals surface area (Å²) in [5.41, 5.74) is 0.150. The zero-order chi connectivity index (χ0) is 19.9. The molecule has 144 valence electrons. The molecule has 28 heavy (non-hydrogen) atoms. The molecule has 0 saturated carbocycles. The van der Waals surface area contributed by atoms with Gasteiger partial charge in [0.15, 0.2) is 0 Å². The second-order valence-corrected chi connectivity index (χ2v) is 8.71. The molecule has 3 aromatic carbocycles. The fraction of sp³-hybridized carbons (Fsp3) is 0.150. The number of hydrogen-bond donors (Lipinski definition) is 1. The SMILES string of the molecule is O=C1C(NS(=O)(=O)c2ccc3cc(Cl)ccc3c2)CCN1c1ccccc1F. The molecule has 1 aliphatic heterocycles. The maximum Gasteiger partial charge on any atom is 0.245 e. The second-order valence-electron chi connectivity index (χ2n) is 6.56. The zero-order valence-electron chi connectivity index (χ0n) is 14.6. The van der Waals surface area contributed by atoms with Gasteiger partial charge >= 0.3 is 0 Å². The van der Waals surface area contributed by atoms with Crippen LogP contribution in [0.1, 0.15) is 6.42 Å². The summed E-state index contributed by atoms with van der Waals surface area (Å²) in [5, 5.41) is 2.10. The standard InChI is InChI=1S/C20H16ClFN2O3S/c21-15-7-5-14-12-16(8-6-13(14)11-15)28(26,27)23-18-9-10-24(20(18)25)19-4-2-1-3-17(19)22/h1-8,11-12,18,23H,9-10H2. The van der Waals surface area contributed by atoms with E-state index in [0.717, 1.165) is 10.8 Å². The van der Waals surface area contributed by atoms with E-state index in [9.17, 15) is 17.6 Å². The highest BCUT2D eigenvalue weighted by Crippen LogP contribution is 2.26. The molecule has 5 nitrogen and oxygen atoms in total. The van der Waals surface area contributed by atoms with Crippen molar-refractivity contribution in [3.05, 3.63) is 71.5 Å². The van der Waals surface area contributed by atoms with Gasteiger partial charge in [-0.1, -0.05) is 35.9 Å². The molecule has 1 N–H and O–H groups in total. The van der Waals surface area contributed by atoms with Gasteiger partial charge in [0.2, 0.25) is 15.9 Å². The van der Waals surface area contributed by atoms with Gasteiger partial charge in [-0.3, -0.25) is 4.79 Å². The third-order valence-electron chi connectivity index (χ3n) is 4.73. The van der Waals surface area contributed by atoms with Crippen LogP contribution in [-0.2, 0) is 14.8 Å². The molecule has 3 aromatic rings. The van der Waals surface area contributed by atoms with Crippen molar-refractivity contribution in [3.63, 3.8) is 0 Å². The average Bonchev–Trinajstić information content (AvgIpc) is 3.01. The van der Waals surface area contributed by atoms with Crippen molar-refractivity contribution in [1.29, 1.82) is 0 Å². The van der Waals surface area contributed by atoms with Gasteiger partial charge in [0.1, 0.15) is 11.9 Å². The van der Waals surface area contributed by atoms with Gasteiger partial charge in [0.05, 0.1) is 10.6 Å². The largest absolute Gasteiger partial charge is 0.308 e. The molecule has 1 fully saturated rings. The molecule has 1 aliphatic rings. The Balaban J connectivity index is 1.57. The summed E-state index contributed by atoms with van der Waals surface area (Å²) in [5.74, 6) is -0.992. The molecular weight excluding hydrogens is 403 g/mol. The fourth-order valence-corrected chi connectivity index (χ4v) is 4.76. The number of sulfonamides is 1. The highest BCUT2D eigenvalue weighted by atomic mass is 35.5. The van der Waals surface area contributed by atoms with Crippen LogP contribution >= 0.6 is 11.6 Å². The molecule has 1 unspecified atom stereocenters. The summed E-state index contributed by atoms with van der Waals surface area (Å²) in [7, 11) is -3.92. The maximum atomic E-state index is 14.0. The lowest BCUT2D eigenvalue weighted by atomic mass is 10.1. The van der Waals surface area contributed by atoms with E-state index >= 15 is 0 Å². The molecule has 1 heterocycles. The Morgan fingerprint density at radius 3 is 2.54 bits per heavy atom. The number of anilines is 1. The predicted molar refractivity (Wildman–Crippen MR) is 106 cm³/mol. The Morgan fingerprint density at radius 1 is 1.04 bits per heavy atom. The van der Waals surface area contributed by atoms with Crippen molar-refractivity contribution >= 4 is 44.0 Å². The number of benzene rings is 3. The first-order valence-electron chi connectivity index (χ1n) is 8.63.